The number of amides is 2. The zero-order chi connectivity index (χ0) is 23.8. The lowest BCUT2D eigenvalue weighted by atomic mass is 10.2. The van der Waals surface area contributed by atoms with Crippen LogP contribution in [0.5, 0.6) is 0 Å². The SMILES string of the molecule is Cc1ccc(N(C=O)c2nn(C(=O)c3ccccc3)c3c2CN(C(=O)OC(C)(C)C)C3)cc1. The van der Waals surface area contributed by atoms with Crippen LogP contribution in [0.1, 0.15) is 48.0 Å². The van der Waals surface area contributed by atoms with Crippen molar-refractivity contribution in [2.24, 2.45) is 0 Å². The third-order valence-electron chi connectivity index (χ3n) is 5.27. The monoisotopic (exact) mass is 446 g/mol. The molecule has 0 saturated carbocycles. The fourth-order valence-electron chi connectivity index (χ4n) is 3.68. The van der Waals surface area contributed by atoms with E-state index in [9.17, 15) is 14.4 Å². The topological polar surface area (TPSA) is 84.7 Å². The van der Waals surface area contributed by atoms with Crippen molar-refractivity contribution < 1.29 is 19.1 Å². The zero-order valence-electron chi connectivity index (χ0n) is 19.1. The van der Waals surface area contributed by atoms with E-state index < -0.39 is 11.7 Å². The van der Waals surface area contributed by atoms with Crippen molar-refractivity contribution in [3.63, 3.8) is 0 Å². The summed E-state index contributed by atoms with van der Waals surface area (Å²) in [6.45, 7) is 7.68. The van der Waals surface area contributed by atoms with E-state index in [-0.39, 0.29) is 19.0 Å². The van der Waals surface area contributed by atoms with Gasteiger partial charge in [-0.2, -0.15) is 4.68 Å². The predicted molar refractivity (Wildman–Crippen MR) is 123 cm³/mol. The smallest absolute Gasteiger partial charge is 0.410 e. The molecular formula is C25H26N4O4. The summed E-state index contributed by atoms with van der Waals surface area (Å²) in [6, 6.07) is 16.2. The van der Waals surface area contributed by atoms with Crippen LogP contribution < -0.4 is 4.90 Å². The first kappa shape index (κ1) is 22.3. The number of carbonyl (C=O) groups is 3. The standard InChI is InChI=1S/C25H26N4O4/c1-17-10-12-19(13-11-17)28(16-30)22-20-14-27(24(32)33-25(2,3)4)15-21(20)29(26-22)23(31)18-8-6-5-7-9-18/h5-13,16H,14-15H2,1-4H3. The van der Waals surface area contributed by atoms with Crippen molar-refractivity contribution in [2.45, 2.75) is 46.4 Å². The Morgan fingerprint density at radius 3 is 2.30 bits per heavy atom. The molecule has 0 unspecified atom stereocenters. The van der Waals surface area contributed by atoms with E-state index in [0.717, 1.165) is 5.56 Å². The number of aromatic nitrogens is 2. The Bertz CT molecular complexity index is 1190. The number of fused-ring (bicyclic) bond motifs is 1. The second-order valence-electron chi connectivity index (χ2n) is 8.98. The maximum atomic E-state index is 13.3. The second-order valence-corrected chi connectivity index (χ2v) is 8.98. The minimum atomic E-state index is -0.655. The largest absolute Gasteiger partial charge is 0.444 e. The van der Waals surface area contributed by atoms with Crippen LogP contribution in [0.2, 0.25) is 0 Å². The lowest BCUT2D eigenvalue weighted by Gasteiger charge is -2.24. The zero-order valence-corrected chi connectivity index (χ0v) is 19.1. The van der Waals surface area contributed by atoms with E-state index in [0.29, 0.717) is 34.7 Å². The van der Waals surface area contributed by atoms with Gasteiger partial charge in [-0.3, -0.25) is 19.4 Å². The molecule has 1 aromatic heterocycles. The average molecular weight is 447 g/mol. The molecule has 0 N–H and O–H groups in total. The normalized spacial score (nSPS) is 12.9. The number of hydrogen-bond donors (Lipinski definition) is 0. The van der Waals surface area contributed by atoms with E-state index in [4.69, 9.17) is 4.74 Å². The molecule has 2 amide bonds. The van der Waals surface area contributed by atoms with Crippen molar-refractivity contribution in [1.82, 2.24) is 14.7 Å². The van der Waals surface area contributed by atoms with Gasteiger partial charge in [0.15, 0.2) is 5.82 Å². The number of anilines is 2. The lowest BCUT2D eigenvalue weighted by molar-refractivity contribution is -0.106. The Labute approximate surface area is 192 Å². The number of nitrogens with zero attached hydrogens (tertiary/aromatic N) is 4. The van der Waals surface area contributed by atoms with Crippen molar-refractivity contribution in [3.8, 4) is 0 Å². The summed E-state index contributed by atoms with van der Waals surface area (Å²) < 4.78 is 6.81. The molecule has 3 aromatic rings. The molecule has 4 rings (SSSR count). The van der Waals surface area contributed by atoms with Gasteiger partial charge in [-0.05, 0) is 52.0 Å². The molecule has 1 aliphatic rings. The number of carbonyl (C=O) groups excluding carboxylic acids is 3. The van der Waals surface area contributed by atoms with Gasteiger partial charge in [0, 0.05) is 11.1 Å². The number of hydrogen-bond acceptors (Lipinski definition) is 5. The van der Waals surface area contributed by atoms with Gasteiger partial charge in [0.05, 0.1) is 24.5 Å². The highest BCUT2D eigenvalue weighted by Crippen LogP contribution is 2.35. The third-order valence-corrected chi connectivity index (χ3v) is 5.27. The van der Waals surface area contributed by atoms with Crippen LogP contribution >= 0.6 is 0 Å². The minimum absolute atomic E-state index is 0.149. The highest BCUT2D eigenvalue weighted by atomic mass is 16.6. The van der Waals surface area contributed by atoms with Crippen molar-refractivity contribution in [2.75, 3.05) is 4.90 Å². The molecule has 0 spiro atoms. The molecule has 0 fully saturated rings. The molecular weight excluding hydrogens is 420 g/mol. The molecule has 8 heteroatoms. The Morgan fingerprint density at radius 1 is 1.03 bits per heavy atom. The van der Waals surface area contributed by atoms with Gasteiger partial charge in [-0.1, -0.05) is 35.9 Å². The molecule has 0 aliphatic carbocycles. The summed E-state index contributed by atoms with van der Waals surface area (Å²) in [5, 5.41) is 4.53. The lowest BCUT2D eigenvalue weighted by Crippen LogP contribution is -2.34. The average Bonchev–Trinajstić information content (AvgIpc) is 3.35. The molecule has 0 radical (unpaired) electrons. The fourth-order valence-corrected chi connectivity index (χ4v) is 3.68. The number of aryl methyl sites for hydroxylation is 1. The van der Waals surface area contributed by atoms with Crippen molar-refractivity contribution in [3.05, 3.63) is 77.0 Å². The van der Waals surface area contributed by atoms with Crippen LogP contribution in [0.4, 0.5) is 16.3 Å². The summed E-state index contributed by atoms with van der Waals surface area (Å²) in [5.74, 6) is -0.0157. The molecule has 0 bridgehead atoms. The molecule has 8 nitrogen and oxygen atoms in total. The Morgan fingerprint density at radius 2 is 1.70 bits per heavy atom. The van der Waals surface area contributed by atoms with E-state index in [1.54, 1.807) is 45.0 Å². The number of rotatable bonds is 4. The van der Waals surface area contributed by atoms with Gasteiger partial charge >= 0.3 is 6.09 Å². The van der Waals surface area contributed by atoms with Crippen LogP contribution in [0.15, 0.2) is 54.6 Å². The molecule has 0 saturated heterocycles. The van der Waals surface area contributed by atoms with Crippen molar-refractivity contribution >= 4 is 29.9 Å². The van der Waals surface area contributed by atoms with Gasteiger partial charge in [-0.25, -0.2) is 4.79 Å². The van der Waals surface area contributed by atoms with Crippen LogP contribution in [-0.2, 0) is 22.6 Å². The van der Waals surface area contributed by atoms with Crippen LogP contribution in [0, 0.1) is 6.92 Å². The molecule has 0 atom stereocenters. The van der Waals surface area contributed by atoms with Gasteiger partial charge in [-0.15, -0.1) is 5.10 Å². The summed E-state index contributed by atoms with van der Waals surface area (Å²) in [5.41, 5.74) is 2.67. The highest BCUT2D eigenvalue weighted by molar-refractivity contribution is 5.97. The maximum absolute atomic E-state index is 13.3. The molecule has 33 heavy (non-hydrogen) atoms. The van der Waals surface area contributed by atoms with Gasteiger partial charge in [0.25, 0.3) is 5.91 Å². The Kier molecular flexibility index (Phi) is 5.76. The maximum Gasteiger partial charge on any atom is 0.410 e. The Hall–Kier alpha value is -3.94. The predicted octanol–water partition coefficient (Wildman–Crippen LogP) is 4.43. The summed E-state index contributed by atoms with van der Waals surface area (Å²) >= 11 is 0. The second kappa shape index (κ2) is 8.54. The quantitative estimate of drug-likeness (QED) is 0.554. The molecule has 170 valence electrons. The van der Waals surface area contributed by atoms with Crippen LogP contribution in [-0.4, -0.2) is 38.7 Å². The molecule has 2 heterocycles. The summed E-state index contributed by atoms with van der Waals surface area (Å²) in [7, 11) is 0. The number of benzene rings is 2. The van der Waals surface area contributed by atoms with Gasteiger partial charge < -0.3 is 4.74 Å². The van der Waals surface area contributed by atoms with Crippen LogP contribution in [0.3, 0.4) is 0 Å². The van der Waals surface area contributed by atoms with E-state index >= 15 is 0 Å². The first-order valence-electron chi connectivity index (χ1n) is 10.7. The first-order valence-corrected chi connectivity index (χ1v) is 10.7. The molecule has 1 aliphatic heterocycles. The van der Waals surface area contributed by atoms with Crippen molar-refractivity contribution in [1.29, 1.82) is 0 Å². The summed E-state index contributed by atoms with van der Waals surface area (Å²) in [4.78, 5) is 41.1. The third kappa shape index (κ3) is 4.50. The molecule has 2 aromatic carbocycles. The Balaban J connectivity index is 1.77. The summed E-state index contributed by atoms with van der Waals surface area (Å²) in [6.07, 6.45) is 0.178. The fraction of sp³-hybridized carbons (Fsp3) is 0.280. The van der Waals surface area contributed by atoms with Crippen LogP contribution in [0.25, 0.3) is 0 Å². The van der Waals surface area contributed by atoms with Gasteiger partial charge in [0.2, 0.25) is 6.41 Å². The van der Waals surface area contributed by atoms with E-state index in [1.807, 2.05) is 37.3 Å². The van der Waals surface area contributed by atoms with Gasteiger partial charge in [0.1, 0.15) is 5.60 Å². The van der Waals surface area contributed by atoms with E-state index in [2.05, 4.69) is 5.10 Å². The van der Waals surface area contributed by atoms with E-state index in [1.165, 1.54) is 14.5 Å². The first-order chi connectivity index (χ1) is 15.7. The highest BCUT2D eigenvalue weighted by Gasteiger charge is 2.36. The minimum Gasteiger partial charge on any atom is -0.444 e. The number of ether oxygens (including phenoxy) is 1.